The molecule has 0 atom stereocenters. The molecule has 1 amide bonds. The van der Waals surface area contributed by atoms with Gasteiger partial charge in [-0.2, -0.15) is 0 Å². The number of hydrogen-bond acceptors (Lipinski definition) is 4. The fourth-order valence-corrected chi connectivity index (χ4v) is 3.32. The van der Waals surface area contributed by atoms with E-state index < -0.39 is 29.5 Å². The minimum atomic E-state index is -0.699. The summed E-state index contributed by atoms with van der Waals surface area (Å²) in [5.74, 6) is -1.23. The zero-order valence-corrected chi connectivity index (χ0v) is 16.8. The Morgan fingerprint density at radius 3 is 2.48 bits per heavy atom. The summed E-state index contributed by atoms with van der Waals surface area (Å²) < 4.78 is 16.0. The first-order valence-electron chi connectivity index (χ1n) is 9.31. The lowest BCUT2D eigenvalue weighted by Crippen LogP contribution is -2.42. The Bertz CT molecular complexity index is 1400. The van der Waals surface area contributed by atoms with E-state index in [4.69, 9.17) is 11.6 Å². The Balaban J connectivity index is 1.76. The summed E-state index contributed by atoms with van der Waals surface area (Å²) >= 11 is 5.90. The Hall–Kier alpha value is -3.78. The van der Waals surface area contributed by atoms with Crippen molar-refractivity contribution in [3.63, 3.8) is 0 Å². The lowest BCUT2D eigenvalue weighted by atomic mass is 10.2. The maximum Gasteiger partial charge on any atom is 0.333 e. The van der Waals surface area contributed by atoms with Gasteiger partial charge in [-0.3, -0.25) is 18.7 Å². The topological polar surface area (TPSA) is 86.0 Å². The Kier molecular flexibility index (Phi) is 5.64. The number of nitrogens with zero attached hydrogens (tertiary/aromatic N) is 3. The van der Waals surface area contributed by atoms with Crippen molar-refractivity contribution in [2.45, 2.75) is 13.1 Å². The number of halogens is 2. The zero-order chi connectivity index (χ0) is 22.0. The molecule has 0 aliphatic heterocycles. The summed E-state index contributed by atoms with van der Waals surface area (Å²) in [6, 6.07) is 15.5. The van der Waals surface area contributed by atoms with Crippen LogP contribution in [0.4, 0.5) is 10.1 Å². The number of carbonyl (C=O) groups is 1. The van der Waals surface area contributed by atoms with Crippen molar-refractivity contribution in [3.05, 3.63) is 104 Å². The van der Waals surface area contributed by atoms with Crippen LogP contribution in [0.25, 0.3) is 11.0 Å². The molecule has 0 radical (unpaired) electrons. The number of fused-ring (bicyclic) bond motifs is 1. The smallest absolute Gasteiger partial charge is 0.322 e. The van der Waals surface area contributed by atoms with Crippen LogP contribution in [0.2, 0.25) is 5.02 Å². The van der Waals surface area contributed by atoms with E-state index in [0.717, 1.165) is 9.13 Å². The van der Waals surface area contributed by atoms with Crippen LogP contribution in [0, 0.1) is 5.82 Å². The first-order valence-corrected chi connectivity index (χ1v) is 9.69. The second kappa shape index (κ2) is 8.53. The van der Waals surface area contributed by atoms with Crippen LogP contribution < -0.4 is 16.6 Å². The van der Waals surface area contributed by atoms with Crippen molar-refractivity contribution in [2.24, 2.45) is 0 Å². The average molecular weight is 439 g/mol. The number of hydrogen-bond donors (Lipinski definition) is 1. The monoisotopic (exact) mass is 438 g/mol. The van der Waals surface area contributed by atoms with Crippen molar-refractivity contribution in [1.82, 2.24) is 14.1 Å². The van der Waals surface area contributed by atoms with Gasteiger partial charge in [-0.05, 0) is 42.0 Å². The normalized spacial score (nSPS) is 10.9. The first kappa shape index (κ1) is 20.5. The highest BCUT2D eigenvalue weighted by Crippen LogP contribution is 2.13. The molecule has 4 aromatic rings. The summed E-state index contributed by atoms with van der Waals surface area (Å²) in [6.45, 7) is -0.448. The van der Waals surface area contributed by atoms with Crippen LogP contribution in [0.1, 0.15) is 5.56 Å². The van der Waals surface area contributed by atoms with Gasteiger partial charge < -0.3 is 5.32 Å². The molecule has 7 nitrogen and oxygen atoms in total. The molecular formula is C22H16ClFN4O3. The fraction of sp³-hybridized carbons (Fsp3) is 0.0909. The maximum absolute atomic E-state index is 13.9. The van der Waals surface area contributed by atoms with Crippen molar-refractivity contribution in [3.8, 4) is 0 Å². The molecular weight excluding hydrogens is 423 g/mol. The number of para-hydroxylation sites is 1. The van der Waals surface area contributed by atoms with Crippen LogP contribution in [-0.2, 0) is 17.9 Å². The zero-order valence-electron chi connectivity index (χ0n) is 16.1. The van der Waals surface area contributed by atoms with Crippen LogP contribution in [-0.4, -0.2) is 20.0 Å². The third-order valence-corrected chi connectivity index (χ3v) is 4.94. The summed E-state index contributed by atoms with van der Waals surface area (Å²) in [6.07, 6.45) is 1.43. The van der Waals surface area contributed by atoms with Gasteiger partial charge in [0.2, 0.25) is 5.91 Å². The lowest BCUT2D eigenvalue weighted by Gasteiger charge is -2.14. The van der Waals surface area contributed by atoms with Gasteiger partial charge in [0.15, 0.2) is 0 Å². The molecule has 0 fully saturated rings. The molecule has 1 N–H and O–H groups in total. The number of pyridine rings is 1. The number of rotatable bonds is 5. The summed E-state index contributed by atoms with van der Waals surface area (Å²) in [5.41, 5.74) is -0.460. The second-order valence-electron chi connectivity index (χ2n) is 6.79. The minimum absolute atomic E-state index is 0.00535. The van der Waals surface area contributed by atoms with Crippen LogP contribution in [0.5, 0.6) is 0 Å². The minimum Gasteiger partial charge on any atom is -0.322 e. The molecule has 2 aromatic carbocycles. The van der Waals surface area contributed by atoms with E-state index in [0.29, 0.717) is 10.6 Å². The molecule has 31 heavy (non-hydrogen) atoms. The van der Waals surface area contributed by atoms with Crippen molar-refractivity contribution >= 4 is 34.2 Å². The quantitative estimate of drug-likeness (QED) is 0.519. The maximum atomic E-state index is 13.9. The Morgan fingerprint density at radius 1 is 1.00 bits per heavy atom. The van der Waals surface area contributed by atoms with E-state index in [9.17, 15) is 18.8 Å². The molecule has 0 bridgehead atoms. The first-order chi connectivity index (χ1) is 14.9. The third kappa shape index (κ3) is 4.24. The molecule has 0 spiro atoms. The van der Waals surface area contributed by atoms with Gasteiger partial charge in [0.1, 0.15) is 18.0 Å². The van der Waals surface area contributed by atoms with Crippen LogP contribution >= 0.6 is 11.6 Å². The number of anilines is 1. The Labute approximate surface area is 180 Å². The molecule has 0 unspecified atom stereocenters. The largest absolute Gasteiger partial charge is 0.333 e. The average Bonchev–Trinajstić information content (AvgIpc) is 2.77. The van der Waals surface area contributed by atoms with E-state index in [-0.39, 0.29) is 23.3 Å². The van der Waals surface area contributed by atoms with Gasteiger partial charge in [0, 0.05) is 11.2 Å². The Morgan fingerprint density at radius 2 is 1.74 bits per heavy atom. The number of aromatic nitrogens is 3. The lowest BCUT2D eigenvalue weighted by molar-refractivity contribution is -0.116. The summed E-state index contributed by atoms with van der Waals surface area (Å²) in [4.78, 5) is 42.7. The SMILES string of the molecule is O=C(Cn1c(=O)n(Cc2ccc(Cl)cc2)c(=O)c2cccnc21)Nc1ccccc1F. The van der Waals surface area contributed by atoms with Gasteiger partial charge in [0.25, 0.3) is 5.56 Å². The standard InChI is InChI=1S/C22H16ClFN4O3/c23-15-9-7-14(8-10-15)12-28-21(30)16-4-3-11-25-20(16)27(22(28)31)13-19(29)26-18-6-2-1-5-17(18)24/h1-11H,12-13H2,(H,26,29). The summed E-state index contributed by atoms with van der Waals surface area (Å²) in [7, 11) is 0. The second-order valence-corrected chi connectivity index (χ2v) is 7.23. The highest BCUT2D eigenvalue weighted by molar-refractivity contribution is 6.30. The fourth-order valence-electron chi connectivity index (χ4n) is 3.20. The van der Waals surface area contributed by atoms with E-state index in [1.165, 1.54) is 30.5 Å². The molecule has 0 aliphatic rings. The van der Waals surface area contributed by atoms with Gasteiger partial charge in [0.05, 0.1) is 17.6 Å². The highest BCUT2D eigenvalue weighted by Gasteiger charge is 2.17. The van der Waals surface area contributed by atoms with Gasteiger partial charge >= 0.3 is 5.69 Å². The number of amides is 1. The van der Waals surface area contributed by atoms with Gasteiger partial charge in [-0.25, -0.2) is 14.2 Å². The van der Waals surface area contributed by atoms with E-state index >= 15 is 0 Å². The van der Waals surface area contributed by atoms with E-state index in [1.807, 2.05) is 0 Å². The van der Waals surface area contributed by atoms with Crippen molar-refractivity contribution in [2.75, 3.05) is 5.32 Å². The van der Waals surface area contributed by atoms with E-state index in [1.54, 1.807) is 36.4 Å². The van der Waals surface area contributed by atoms with Gasteiger partial charge in [-0.15, -0.1) is 0 Å². The summed E-state index contributed by atoms with van der Waals surface area (Å²) in [5, 5.41) is 3.16. The number of benzene rings is 2. The van der Waals surface area contributed by atoms with Gasteiger partial charge in [-0.1, -0.05) is 35.9 Å². The molecule has 0 aliphatic carbocycles. The number of carbonyl (C=O) groups excluding carboxylic acids is 1. The molecule has 9 heteroatoms. The molecule has 0 saturated carbocycles. The number of nitrogens with one attached hydrogen (secondary N) is 1. The third-order valence-electron chi connectivity index (χ3n) is 4.68. The molecule has 156 valence electrons. The van der Waals surface area contributed by atoms with Crippen molar-refractivity contribution in [1.29, 1.82) is 0 Å². The molecule has 2 heterocycles. The highest BCUT2D eigenvalue weighted by atomic mass is 35.5. The molecule has 0 saturated heterocycles. The van der Waals surface area contributed by atoms with Crippen molar-refractivity contribution < 1.29 is 9.18 Å². The molecule has 2 aromatic heterocycles. The van der Waals surface area contributed by atoms with Crippen LogP contribution in [0.3, 0.4) is 0 Å². The van der Waals surface area contributed by atoms with E-state index in [2.05, 4.69) is 10.3 Å². The van der Waals surface area contributed by atoms with Crippen LogP contribution in [0.15, 0.2) is 76.4 Å². The predicted molar refractivity (Wildman–Crippen MR) is 116 cm³/mol. The predicted octanol–water partition coefficient (Wildman–Crippen LogP) is 3.04. The molecule has 4 rings (SSSR count).